The number of ketones is 1. The predicted molar refractivity (Wildman–Crippen MR) is 83.2 cm³/mol. The smallest absolute Gasteiger partial charge is 0.211 e. The van der Waals surface area contributed by atoms with E-state index < -0.39 is 27.1 Å². The summed E-state index contributed by atoms with van der Waals surface area (Å²) < 4.78 is 24.6. The molecule has 0 atom stereocenters. The Morgan fingerprint density at radius 3 is 2.18 bits per heavy atom. The van der Waals surface area contributed by atoms with Gasteiger partial charge in [0.05, 0.1) is 4.90 Å². The van der Waals surface area contributed by atoms with Crippen molar-refractivity contribution in [1.29, 1.82) is 0 Å². The highest BCUT2D eigenvalue weighted by Gasteiger charge is 2.24. The second-order valence-corrected chi connectivity index (χ2v) is 6.80. The number of carbonyl (C=O) groups excluding carboxylic acids is 1. The number of benzene rings is 2. The highest BCUT2D eigenvalue weighted by Crippen LogP contribution is 2.14. The zero-order chi connectivity index (χ0) is 16.2. The lowest BCUT2D eigenvalue weighted by molar-refractivity contribution is 0.106. The van der Waals surface area contributed by atoms with Crippen LogP contribution in [0.25, 0.3) is 0 Å². The van der Waals surface area contributed by atoms with E-state index in [-0.39, 0.29) is 10.5 Å². The lowest BCUT2D eigenvalue weighted by Gasteiger charge is -2.06. The molecule has 0 aliphatic rings. The molecule has 0 spiro atoms. The Morgan fingerprint density at radius 2 is 1.64 bits per heavy atom. The van der Waals surface area contributed by atoms with Crippen molar-refractivity contribution >= 4 is 21.3 Å². The van der Waals surface area contributed by atoms with Crippen LogP contribution in [0, 0.1) is 6.92 Å². The molecule has 0 amide bonds. The Bertz CT molecular complexity index is 794. The molecule has 2 aromatic rings. The van der Waals surface area contributed by atoms with Gasteiger partial charge in [0.15, 0.2) is 9.84 Å². The minimum Gasteiger partial charge on any atom is -0.411 e. The molecule has 22 heavy (non-hydrogen) atoms. The highest BCUT2D eigenvalue weighted by molar-refractivity contribution is 7.92. The average molecular weight is 317 g/mol. The van der Waals surface area contributed by atoms with Gasteiger partial charge in [-0.3, -0.25) is 4.79 Å². The van der Waals surface area contributed by atoms with Crippen molar-refractivity contribution in [2.45, 2.75) is 11.8 Å². The fourth-order valence-corrected chi connectivity index (χ4v) is 3.17. The van der Waals surface area contributed by atoms with Crippen molar-refractivity contribution in [2.75, 3.05) is 5.75 Å². The van der Waals surface area contributed by atoms with Crippen molar-refractivity contribution < 1.29 is 18.4 Å². The van der Waals surface area contributed by atoms with E-state index in [1.807, 2.05) is 6.92 Å². The van der Waals surface area contributed by atoms with Crippen LogP contribution in [0.2, 0.25) is 0 Å². The van der Waals surface area contributed by atoms with Crippen molar-refractivity contribution in [3.05, 3.63) is 65.7 Å². The molecular weight excluding hydrogens is 302 g/mol. The molecule has 2 aromatic carbocycles. The molecule has 1 N–H and O–H groups in total. The minimum absolute atomic E-state index is 0.0834. The van der Waals surface area contributed by atoms with E-state index in [2.05, 4.69) is 5.16 Å². The maximum atomic E-state index is 12.3. The fourth-order valence-electron chi connectivity index (χ4n) is 1.90. The van der Waals surface area contributed by atoms with Gasteiger partial charge in [-0.25, -0.2) is 8.42 Å². The van der Waals surface area contributed by atoms with Gasteiger partial charge in [-0.15, -0.1) is 0 Å². The van der Waals surface area contributed by atoms with E-state index in [1.54, 1.807) is 30.3 Å². The Hall–Kier alpha value is -2.47. The number of carbonyl (C=O) groups is 1. The number of sulfone groups is 1. The number of rotatable bonds is 5. The summed E-state index contributed by atoms with van der Waals surface area (Å²) in [7, 11) is -3.75. The number of Topliss-reactive ketones (excluding diaryl/α,β-unsaturated/α-hetero) is 1. The first kappa shape index (κ1) is 15.9. The molecule has 2 rings (SSSR count). The van der Waals surface area contributed by atoms with E-state index in [4.69, 9.17) is 5.21 Å². The normalized spacial score (nSPS) is 12.1. The van der Waals surface area contributed by atoms with Crippen LogP contribution in [0.3, 0.4) is 0 Å². The molecule has 0 aliphatic heterocycles. The summed E-state index contributed by atoms with van der Waals surface area (Å²) in [5, 5.41) is 11.9. The topological polar surface area (TPSA) is 83.8 Å². The predicted octanol–water partition coefficient (Wildman–Crippen LogP) is 2.48. The van der Waals surface area contributed by atoms with Crippen LogP contribution < -0.4 is 0 Å². The molecule has 0 aliphatic carbocycles. The molecule has 0 bridgehead atoms. The van der Waals surface area contributed by atoms with Gasteiger partial charge in [0, 0.05) is 5.56 Å². The molecule has 0 radical (unpaired) electrons. The van der Waals surface area contributed by atoms with E-state index in [1.165, 1.54) is 24.3 Å². The molecule has 0 heterocycles. The lowest BCUT2D eigenvalue weighted by Crippen LogP contribution is -2.24. The molecule has 0 fully saturated rings. The maximum Gasteiger partial charge on any atom is 0.211 e. The van der Waals surface area contributed by atoms with Crippen LogP contribution in [0.1, 0.15) is 15.9 Å². The summed E-state index contributed by atoms with van der Waals surface area (Å²) in [6.45, 7) is 1.84. The third-order valence-electron chi connectivity index (χ3n) is 3.13. The molecule has 0 saturated heterocycles. The van der Waals surface area contributed by atoms with E-state index in [0.717, 1.165) is 5.56 Å². The molecule has 0 saturated carbocycles. The van der Waals surface area contributed by atoms with Crippen LogP contribution in [0.15, 0.2) is 64.6 Å². The Balaban J connectivity index is 2.27. The fraction of sp³-hybridized carbons (Fsp3) is 0.125. The second kappa shape index (κ2) is 6.53. The number of hydrogen-bond donors (Lipinski definition) is 1. The maximum absolute atomic E-state index is 12.3. The second-order valence-electron chi connectivity index (χ2n) is 4.81. The summed E-state index contributed by atoms with van der Waals surface area (Å²) >= 11 is 0. The number of aryl methyl sites for hydroxylation is 1. The lowest BCUT2D eigenvalue weighted by atomic mass is 10.1. The van der Waals surface area contributed by atoms with E-state index >= 15 is 0 Å². The minimum atomic E-state index is -3.75. The quantitative estimate of drug-likeness (QED) is 0.397. The van der Waals surface area contributed by atoms with Crippen LogP contribution >= 0.6 is 0 Å². The van der Waals surface area contributed by atoms with Gasteiger partial charge in [0.1, 0.15) is 11.5 Å². The summed E-state index contributed by atoms with van der Waals surface area (Å²) in [6, 6.07) is 14.4. The Kier molecular flexibility index (Phi) is 4.72. The first-order valence-electron chi connectivity index (χ1n) is 6.54. The summed E-state index contributed by atoms with van der Waals surface area (Å²) in [6.07, 6.45) is 0. The molecule has 5 nitrogen and oxygen atoms in total. The molecule has 0 aromatic heterocycles. The molecule has 114 valence electrons. The Morgan fingerprint density at radius 1 is 1.05 bits per heavy atom. The van der Waals surface area contributed by atoms with Crippen molar-refractivity contribution in [3.8, 4) is 0 Å². The first-order chi connectivity index (χ1) is 10.4. The summed E-state index contributed by atoms with van der Waals surface area (Å²) in [5.41, 5.74) is 0.788. The van der Waals surface area contributed by atoms with Crippen LogP contribution in [-0.2, 0) is 9.84 Å². The van der Waals surface area contributed by atoms with Crippen LogP contribution in [0.5, 0.6) is 0 Å². The third kappa shape index (κ3) is 3.59. The largest absolute Gasteiger partial charge is 0.411 e. The van der Waals surface area contributed by atoms with Crippen LogP contribution in [0.4, 0.5) is 0 Å². The summed E-state index contributed by atoms with van der Waals surface area (Å²) in [5.74, 6) is -1.26. The van der Waals surface area contributed by atoms with Crippen LogP contribution in [-0.4, -0.2) is 30.9 Å². The number of oxime groups is 1. The highest BCUT2D eigenvalue weighted by atomic mass is 32.2. The van der Waals surface area contributed by atoms with E-state index in [9.17, 15) is 13.2 Å². The molecule has 0 unspecified atom stereocenters. The zero-order valence-electron chi connectivity index (χ0n) is 11.9. The Labute approximate surface area is 128 Å². The average Bonchev–Trinajstić information content (AvgIpc) is 2.53. The number of hydrogen-bond acceptors (Lipinski definition) is 5. The molecule has 6 heteroatoms. The number of nitrogens with zero attached hydrogens (tertiary/aromatic N) is 1. The van der Waals surface area contributed by atoms with Gasteiger partial charge < -0.3 is 5.21 Å². The monoisotopic (exact) mass is 317 g/mol. The first-order valence-corrected chi connectivity index (χ1v) is 8.19. The summed E-state index contributed by atoms with van der Waals surface area (Å²) in [4.78, 5) is 12.3. The standard InChI is InChI=1S/C16H15NO4S/c1-12-7-9-14(10-8-12)22(20,21)11-15(17-19)16(18)13-5-3-2-4-6-13/h2-10,19H,11H2,1H3/b17-15-. The zero-order valence-corrected chi connectivity index (χ0v) is 12.7. The third-order valence-corrected chi connectivity index (χ3v) is 4.77. The molecular formula is C16H15NO4S. The van der Waals surface area contributed by atoms with Gasteiger partial charge in [-0.1, -0.05) is 53.2 Å². The van der Waals surface area contributed by atoms with Crippen molar-refractivity contribution in [1.82, 2.24) is 0 Å². The van der Waals surface area contributed by atoms with Gasteiger partial charge in [0.25, 0.3) is 0 Å². The SMILES string of the molecule is Cc1ccc(S(=O)(=O)C/C(=N/O)C(=O)c2ccccc2)cc1. The van der Waals surface area contributed by atoms with Crippen molar-refractivity contribution in [3.63, 3.8) is 0 Å². The van der Waals surface area contributed by atoms with Gasteiger partial charge in [0.2, 0.25) is 5.78 Å². The van der Waals surface area contributed by atoms with E-state index in [0.29, 0.717) is 0 Å². The van der Waals surface area contributed by atoms with Gasteiger partial charge in [-0.2, -0.15) is 0 Å². The van der Waals surface area contributed by atoms with Gasteiger partial charge in [-0.05, 0) is 19.1 Å². The van der Waals surface area contributed by atoms with Gasteiger partial charge >= 0.3 is 0 Å². The van der Waals surface area contributed by atoms with Crippen molar-refractivity contribution in [2.24, 2.45) is 5.16 Å².